The Morgan fingerprint density at radius 2 is 2.26 bits per heavy atom. The van der Waals surface area contributed by atoms with Crippen molar-refractivity contribution in [3.8, 4) is 0 Å². The van der Waals surface area contributed by atoms with E-state index in [-0.39, 0.29) is 0 Å². The topological polar surface area (TPSA) is 69.4 Å². The predicted octanol–water partition coefficient (Wildman–Crippen LogP) is 0.787. The van der Waals surface area contributed by atoms with Crippen LogP contribution in [0.15, 0.2) is 6.33 Å². The van der Waals surface area contributed by atoms with E-state index in [1.807, 2.05) is 4.68 Å². The summed E-state index contributed by atoms with van der Waals surface area (Å²) in [6, 6.07) is 0. The summed E-state index contributed by atoms with van der Waals surface area (Å²) >= 11 is 0. The first-order chi connectivity index (χ1) is 9.22. The van der Waals surface area contributed by atoms with E-state index in [4.69, 9.17) is 9.47 Å². The molecular weight excluding hydrogens is 246 g/mol. The third-order valence-electron chi connectivity index (χ3n) is 3.86. The third kappa shape index (κ3) is 3.13. The summed E-state index contributed by atoms with van der Waals surface area (Å²) in [5, 5.41) is 14.7. The maximum Gasteiger partial charge on any atom is 0.138 e. The van der Waals surface area contributed by atoms with Crippen LogP contribution in [0.4, 0.5) is 0 Å². The number of hydrogen-bond acceptors (Lipinski definition) is 5. The maximum atomic E-state index is 10.5. The average molecular weight is 269 g/mol. The van der Waals surface area contributed by atoms with Gasteiger partial charge in [-0.2, -0.15) is 5.10 Å². The average Bonchev–Trinajstić information content (AvgIpc) is 2.87. The van der Waals surface area contributed by atoms with Crippen LogP contribution in [0.2, 0.25) is 0 Å². The van der Waals surface area contributed by atoms with Gasteiger partial charge in [0.05, 0.1) is 11.7 Å². The highest BCUT2D eigenvalue weighted by atomic mass is 16.5. The fourth-order valence-corrected chi connectivity index (χ4v) is 2.59. The fraction of sp³-hybridized carbons (Fsp3) is 0.846. The molecule has 0 spiro atoms. The highest BCUT2D eigenvalue weighted by molar-refractivity contribution is 4.97. The second-order valence-electron chi connectivity index (χ2n) is 5.00. The Morgan fingerprint density at radius 3 is 2.89 bits per heavy atom. The Morgan fingerprint density at radius 1 is 1.53 bits per heavy atom. The van der Waals surface area contributed by atoms with Crippen LogP contribution in [0.25, 0.3) is 0 Å². The summed E-state index contributed by atoms with van der Waals surface area (Å²) in [5.41, 5.74) is -0.513. The number of rotatable bonds is 6. The van der Waals surface area contributed by atoms with E-state index in [9.17, 15) is 5.11 Å². The zero-order valence-corrected chi connectivity index (χ0v) is 11.7. The van der Waals surface area contributed by atoms with Crippen LogP contribution in [0.3, 0.4) is 0 Å². The number of aliphatic hydroxyl groups excluding tert-OH is 1. The van der Waals surface area contributed by atoms with E-state index in [1.165, 1.54) is 0 Å². The molecule has 108 valence electrons. The van der Waals surface area contributed by atoms with Crippen molar-refractivity contribution >= 4 is 0 Å². The van der Waals surface area contributed by atoms with Crippen molar-refractivity contribution in [3.05, 3.63) is 12.2 Å². The number of ether oxygens (including phenoxy) is 2. The van der Waals surface area contributed by atoms with E-state index in [0.717, 1.165) is 18.8 Å². The van der Waals surface area contributed by atoms with Crippen molar-refractivity contribution in [2.45, 2.75) is 50.9 Å². The van der Waals surface area contributed by atoms with Crippen LogP contribution in [0, 0.1) is 0 Å². The molecule has 0 bridgehead atoms. The van der Waals surface area contributed by atoms with Crippen molar-refractivity contribution in [1.29, 1.82) is 0 Å². The van der Waals surface area contributed by atoms with Gasteiger partial charge in [-0.25, -0.2) is 4.98 Å². The second kappa shape index (κ2) is 6.45. The molecule has 0 radical (unpaired) electrons. The van der Waals surface area contributed by atoms with E-state index in [1.54, 1.807) is 13.4 Å². The Hall–Kier alpha value is -0.980. The molecule has 1 unspecified atom stereocenters. The van der Waals surface area contributed by atoms with E-state index in [0.29, 0.717) is 32.5 Å². The first kappa shape index (κ1) is 14.4. The molecule has 1 saturated heterocycles. The minimum Gasteiger partial charge on any atom is -0.390 e. The minimum absolute atomic E-state index is 0.466. The molecule has 1 aliphatic heterocycles. The molecule has 1 atom stereocenters. The zero-order valence-electron chi connectivity index (χ0n) is 11.7. The Kier molecular flexibility index (Phi) is 4.90. The lowest BCUT2D eigenvalue weighted by atomic mass is 9.86. The monoisotopic (exact) mass is 269 g/mol. The minimum atomic E-state index is -0.582. The molecular formula is C13H23N3O3. The van der Waals surface area contributed by atoms with E-state index in [2.05, 4.69) is 17.0 Å². The summed E-state index contributed by atoms with van der Waals surface area (Å²) in [6.45, 7) is 4.18. The van der Waals surface area contributed by atoms with Crippen molar-refractivity contribution in [2.24, 2.45) is 0 Å². The van der Waals surface area contributed by atoms with Crippen LogP contribution in [0.1, 0.15) is 32.0 Å². The van der Waals surface area contributed by atoms with Gasteiger partial charge in [0, 0.05) is 46.1 Å². The second-order valence-corrected chi connectivity index (χ2v) is 5.00. The molecule has 1 N–H and O–H groups in total. The number of hydrogen-bond donors (Lipinski definition) is 1. The lowest BCUT2D eigenvalue weighted by molar-refractivity contribution is -0.152. The normalized spacial score (nSPS) is 20.4. The van der Waals surface area contributed by atoms with Gasteiger partial charge in [-0.05, 0) is 6.42 Å². The fourth-order valence-electron chi connectivity index (χ4n) is 2.59. The lowest BCUT2D eigenvalue weighted by Crippen LogP contribution is -2.49. The molecule has 0 aliphatic carbocycles. The standard InChI is InChI=1S/C13H23N3O3/c1-3-6-16-12(14-10-15-16)9-11(17)13(18-2)4-7-19-8-5-13/h10-11,17H,3-9H2,1-2H3. The highest BCUT2D eigenvalue weighted by Crippen LogP contribution is 2.29. The van der Waals surface area contributed by atoms with Crippen LogP contribution in [-0.4, -0.2) is 51.9 Å². The first-order valence-electron chi connectivity index (χ1n) is 6.89. The van der Waals surface area contributed by atoms with Gasteiger partial charge in [-0.15, -0.1) is 0 Å². The van der Waals surface area contributed by atoms with Gasteiger partial charge in [-0.1, -0.05) is 6.92 Å². The van der Waals surface area contributed by atoms with Gasteiger partial charge < -0.3 is 14.6 Å². The molecule has 1 aliphatic rings. The molecule has 6 nitrogen and oxygen atoms in total. The molecule has 0 saturated carbocycles. The number of aliphatic hydroxyl groups is 1. The van der Waals surface area contributed by atoms with Crippen molar-refractivity contribution in [2.75, 3.05) is 20.3 Å². The summed E-state index contributed by atoms with van der Waals surface area (Å²) < 4.78 is 12.8. The largest absolute Gasteiger partial charge is 0.390 e. The van der Waals surface area contributed by atoms with Crippen LogP contribution in [0.5, 0.6) is 0 Å². The van der Waals surface area contributed by atoms with Crippen LogP contribution >= 0.6 is 0 Å². The van der Waals surface area contributed by atoms with Crippen LogP contribution < -0.4 is 0 Å². The smallest absolute Gasteiger partial charge is 0.138 e. The third-order valence-corrected chi connectivity index (χ3v) is 3.86. The van der Waals surface area contributed by atoms with Gasteiger partial charge in [0.25, 0.3) is 0 Å². The lowest BCUT2D eigenvalue weighted by Gasteiger charge is -2.39. The quantitative estimate of drug-likeness (QED) is 0.826. The number of nitrogens with zero attached hydrogens (tertiary/aromatic N) is 3. The number of aromatic nitrogens is 3. The Labute approximate surface area is 113 Å². The number of aryl methyl sites for hydroxylation is 1. The van der Waals surface area contributed by atoms with Gasteiger partial charge in [-0.3, -0.25) is 4.68 Å². The SMILES string of the molecule is CCCn1ncnc1CC(O)C1(OC)CCOCC1. The molecule has 1 aromatic rings. The molecule has 0 aromatic carbocycles. The van der Waals surface area contributed by atoms with Crippen molar-refractivity contribution in [1.82, 2.24) is 14.8 Å². The van der Waals surface area contributed by atoms with Gasteiger partial charge >= 0.3 is 0 Å². The Bertz CT molecular complexity index is 388. The molecule has 2 rings (SSSR count). The maximum absolute atomic E-state index is 10.5. The molecule has 19 heavy (non-hydrogen) atoms. The zero-order chi connectivity index (χ0) is 13.7. The number of methoxy groups -OCH3 is 1. The summed E-state index contributed by atoms with van der Waals surface area (Å²) in [5.74, 6) is 0.817. The first-order valence-corrected chi connectivity index (χ1v) is 6.89. The molecule has 2 heterocycles. The predicted molar refractivity (Wildman–Crippen MR) is 69.8 cm³/mol. The van der Waals surface area contributed by atoms with Crippen molar-refractivity contribution in [3.63, 3.8) is 0 Å². The Balaban J connectivity index is 2.06. The van der Waals surface area contributed by atoms with Crippen LogP contribution in [-0.2, 0) is 22.4 Å². The van der Waals surface area contributed by atoms with E-state index < -0.39 is 11.7 Å². The molecule has 1 fully saturated rings. The highest BCUT2D eigenvalue weighted by Gasteiger charge is 2.40. The van der Waals surface area contributed by atoms with E-state index >= 15 is 0 Å². The van der Waals surface area contributed by atoms with Gasteiger partial charge in [0.1, 0.15) is 12.2 Å². The summed E-state index contributed by atoms with van der Waals surface area (Å²) in [4.78, 5) is 4.24. The molecule has 1 aromatic heterocycles. The van der Waals surface area contributed by atoms with Crippen molar-refractivity contribution < 1.29 is 14.6 Å². The summed E-state index contributed by atoms with van der Waals surface area (Å²) in [7, 11) is 1.66. The molecule has 0 amide bonds. The molecule has 6 heteroatoms. The summed E-state index contributed by atoms with van der Waals surface area (Å²) in [6.07, 6.45) is 3.85. The van der Waals surface area contributed by atoms with Gasteiger partial charge in [0.2, 0.25) is 0 Å². The van der Waals surface area contributed by atoms with Gasteiger partial charge in [0.15, 0.2) is 0 Å².